The minimum atomic E-state index is -1.62. The number of nitrogens with one attached hydrogen (secondary N) is 1. The van der Waals surface area contributed by atoms with E-state index >= 15 is 0 Å². The predicted molar refractivity (Wildman–Crippen MR) is 180 cm³/mol. The smallest absolute Gasteiger partial charge is 0.407 e. The van der Waals surface area contributed by atoms with Crippen LogP contribution in [0.2, 0.25) is 0 Å². The molecule has 2 aromatic rings. The van der Waals surface area contributed by atoms with Gasteiger partial charge >= 0.3 is 35.9 Å². The highest BCUT2D eigenvalue weighted by Crippen LogP contribution is 2.44. The van der Waals surface area contributed by atoms with E-state index in [1.54, 1.807) is 20.8 Å². The number of hydrogen-bond acceptors (Lipinski definition) is 14. The molecule has 1 heterocycles. The number of alkyl carbamates (subject to hydrolysis) is 1. The molecule has 15 heteroatoms. The lowest BCUT2D eigenvalue weighted by molar-refractivity contribution is -0.317. The highest BCUT2D eigenvalue weighted by atomic mass is 16.7. The standard InChI is InChI=1S/C37H45NO14/c1-19(47-35-33(50-23(5)42)32(49-22(4)41)31(48-21(3)40)29(51-35)18-45-20(2)39)30(34(43)52-37(6,7)8)38-36(44)46-17-28-26-15-11-9-13-24(26)25-14-10-12-16-27(25)28/h9-16,19,28-33,35H,17-18H2,1-8H3,(H,38,44)/t19-,29?,30+,31+,32?,33?,35-/m1/s1. The van der Waals surface area contributed by atoms with Gasteiger partial charge in [0.25, 0.3) is 0 Å². The Morgan fingerprint density at radius 1 is 0.712 bits per heavy atom. The van der Waals surface area contributed by atoms with Gasteiger partial charge in [0.1, 0.15) is 24.9 Å². The number of fused-ring (bicyclic) bond motifs is 3. The zero-order valence-electron chi connectivity index (χ0n) is 30.4. The Bertz CT molecular complexity index is 1610. The molecule has 3 unspecified atom stereocenters. The summed E-state index contributed by atoms with van der Waals surface area (Å²) in [6.45, 7) is 10.2. The van der Waals surface area contributed by atoms with Gasteiger partial charge in [-0.05, 0) is 49.9 Å². The average molecular weight is 728 g/mol. The van der Waals surface area contributed by atoms with Gasteiger partial charge in [0.2, 0.25) is 0 Å². The third kappa shape index (κ3) is 10.3. The zero-order chi connectivity index (χ0) is 38.3. The summed E-state index contributed by atoms with van der Waals surface area (Å²) in [6, 6.07) is 14.1. The van der Waals surface area contributed by atoms with Gasteiger partial charge in [0, 0.05) is 33.6 Å². The van der Waals surface area contributed by atoms with Gasteiger partial charge in [0.15, 0.2) is 30.6 Å². The molecule has 0 bridgehead atoms. The summed E-state index contributed by atoms with van der Waals surface area (Å²) in [7, 11) is 0. The van der Waals surface area contributed by atoms with E-state index < -0.39 is 91.0 Å². The van der Waals surface area contributed by atoms with Crippen LogP contribution in [0.1, 0.15) is 72.4 Å². The molecule has 1 N–H and O–H groups in total. The lowest BCUT2D eigenvalue weighted by atomic mass is 9.98. The lowest BCUT2D eigenvalue weighted by Crippen LogP contribution is -2.64. The van der Waals surface area contributed by atoms with Gasteiger partial charge < -0.3 is 43.2 Å². The fourth-order valence-electron chi connectivity index (χ4n) is 6.09. The summed E-state index contributed by atoms with van der Waals surface area (Å²) in [5.41, 5.74) is 3.06. The molecule has 282 valence electrons. The predicted octanol–water partition coefficient (Wildman–Crippen LogP) is 3.72. The topological polar surface area (TPSA) is 188 Å². The first-order valence-electron chi connectivity index (χ1n) is 16.8. The quantitative estimate of drug-likeness (QED) is 0.246. The molecule has 2 aliphatic rings. The largest absolute Gasteiger partial charge is 0.463 e. The van der Waals surface area contributed by atoms with Crippen molar-refractivity contribution in [3.63, 3.8) is 0 Å². The van der Waals surface area contributed by atoms with Gasteiger partial charge in [-0.1, -0.05) is 48.5 Å². The van der Waals surface area contributed by atoms with Crippen LogP contribution in [0, 0.1) is 0 Å². The van der Waals surface area contributed by atoms with Crippen molar-refractivity contribution in [2.45, 2.75) is 110 Å². The Morgan fingerprint density at radius 2 is 1.23 bits per heavy atom. The van der Waals surface area contributed by atoms with Crippen molar-refractivity contribution in [3.05, 3.63) is 59.7 Å². The third-order valence-electron chi connectivity index (χ3n) is 8.04. The molecular formula is C37H45NO14. The molecule has 1 aliphatic carbocycles. The Morgan fingerprint density at radius 3 is 1.75 bits per heavy atom. The van der Waals surface area contributed by atoms with Crippen LogP contribution in [0.3, 0.4) is 0 Å². The minimum Gasteiger partial charge on any atom is -0.463 e. The second-order valence-electron chi connectivity index (χ2n) is 13.4. The Labute approximate surface area is 301 Å². The number of rotatable bonds is 12. The summed E-state index contributed by atoms with van der Waals surface area (Å²) in [6.07, 6.45) is -9.63. The van der Waals surface area contributed by atoms with E-state index in [-0.39, 0.29) is 12.5 Å². The number of carbonyl (C=O) groups excluding carboxylic acids is 6. The maximum absolute atomic E-state index is 13.6. The van der Waals surface area contributed by atoms with Crippen molar-refractivity contribution in [2.24, 2.45) is 0 Å². The molecule has 4 rings (SSSR count). The Balaban J connectivity index is 1.60. The number of hydrogen-bond donors (Lipinski definition) is 1. The molecule has 2 aromatic carbocycles. The van der Waals surface area contributed by atoms with E-state index in [9.17, 15) is 28.8 Å². The van der Waals surface area contributed by atoms with Crippen LogP contribution in [0.4, 0.5) is 4.79 Å². The number of esters is 5. The van der Waals surface area contributed by atoms with Crippen LogP contribution in [-0.4, -0.2) is 97.6 Å². The maximum atomic E-state index is 13.6. The van der Waals surface area contributed by atoms with Gasteiger partial charge in [0.05, 0.1) is 6.10 Å². The first-order valence-corrected chi connectivity index (χ1v) is 16.8. The first-order chi connectivity index (χ1) is 24.4. The minimum absolute atomic E-state index is 0.0458. The molecule has 15 nitrogen and oxygen atoms in total. The van der Waals surface area contributed by atoms with Gasteiger partial charge in [-0.25, -0.2) is 9.59 Å². The molecule has 0 saturated carbocycles. The van der Waals surface area contributed by atoms with Crippen molar-refractivity contribution >= 4 is 35.9 Å². The summed E-state index contributed by atoms with van der Waals surface area (Å²) < 4.78 is 44.9. The number of carbonyl (C=O) groups is 6. The van der Waals surface area contributed by atoms with Crippen LogP contribution in [0.5, 0.6) is 0 Å². The van der Waals surface area contributed by atoms with Crippen molar-refractivity contribution < 1.29 is 66.7 Å². The molecule has 1 amide bonds. The van der Waals surface area contributed by atoms with Gasteiger partial charge in [-0.3, -0.25) is 19.2 Å². The van der Waals surface area contributed by atoms with Gasteiger partial charge in [-0.15, -0.1) is 0 Å². The molecule has 0 spiro atoms. The third-order valence-corrected chi connectivity index (χ3v) is 8.04. The summed E-state index contributed by atoms with van der Waals surface area (Å²) in [4.78, 5) is 75.2. The van der Waals surface area contributed by atoms with E-state index in [0.717, 1.165) is 49.9 Å². The van der Waals surface area contributed by atoms with Crippen LogP contribution in [0.25, 0.3) is 11.1 Å². The summed E-state index contributed by atoms with van der Waals surface area (Å²) in [5.74, 6) is -4.32. The van der Waals surface area contributed by atoms with E-state index in [1.807, 2.05) is 48.5 Å². The van der Waals surface area contributed by atoms with E-state index in [4.69, 9.17) is 37.9 Å². The van der Waals surface area contributed by atoms with Gasteiger partial charge in [-0.2, -0.15) is 0 Å². The molecule has 1 aliphatic heterocycles. The van der Waals surface area contributed by atoms with Crippen molar-refractivity contribution in [1.29, 1.82) is 0 Å². The molecule has 1 fully saturated rings. The van der Waals surface area contributed by atoms with Crippen LogP contribution in [-0.2, 0) is 61.9 Å². The second-order valence-corrected chi connectivity index (χ2v) is 13.4. The molecule has 0 radical (unpaired) electrons. The molecule has 0 aromatic heterocycles. The SMILES string of the molecule is CC(=O)OCC1O[C@@H](O[C@H](C)[C@H](NC(=O)OCC2c3ccccc3-c3ccccc32)C(=O)OC(C)(C)C)C(OC(C)=O)C(OC(C)=O)[C@H]1OC(C)=O. The lowest BCUT2D eigenvalue weighted by Gasteiger charge is -2.45. The van der Waals surface area contributed by atoms with E-state index in [0.29, 0.717) is 0 Å². The van der Waals surface area contributed by atoms with Crippen LogP contribution < -0.4 is 5.32 Å². The monoisotopic (exact) mass is 727 g/mol. The number of amides is 1. The zero-order valence-corrected chi connectivity index (χ0v) is 30.4. The molecular weight excluding hydrogens is 682 g/mol. The molecule has 7 atom stereocenters. The van der Waals surface area contributed by atoms with Crippen LogP contribution in [0.15, 0.2) is 48.5 Å². The van der Waals surface area contributed by atoms with E-state index in [1.165, 1.54) is 6.92 Å². The maximum Gasteiger partial charge on any atom is 0.407 e. The second kappa shape index (κ2) is 17.0. The van der Waals surface area contributed by atoms with Crippen molar-refractivity contribution in [2.75, 3.05) is 13.2 Å². The summed E-state index contributed by atoms with van der Waals surface area (Å²) in [5, 5.41) is 2.54. The number of benzene rings is 2. The molecule has 52 heavy (non-hydrogen) atoms. The van der Waals surface area contributed by atoms with E-state index in [2.05, 4.69) is 5.32 Å². The Kier molecular flexibility index (Phi) is 13.0. The Hall–Kier alpha value is -5.02. The highest BCUT2D eigenvalue weighted by molar-refractivity contribution is 5.83. The average Bonchev–Trinajstić information content (AvgIpc) is 3.36. The number of ether oxygens (including phenoxy) is 8. The fourth-order valence-corrected chi connectivity index (χ4v) is 6.09. The fraction of sp³-hybridized carbons (Fsp3) is 0.514. The first kappa shape index (κ1) is 39.8. The van der Waals surface area contributed by atoms with Crippen molar-refractivity contribution in [3.8, 4) is 11.1 Å². The highest BCUT2D eigenvalue weighted by Gasteiger charge is 2.53. The van der Waals surface area contributed by atoms with Crippen LogP contribution >= 0.6 is 0 Å². The van der Waals surface area contributed by atoms with Crippen molar-refractivity contribution in [1.82, 2.24) is 5.32 Å². The molecule has 1 saturated heterocycles. The summed E-state index contributed by atoms with van der Waals surface area (Å²) >= 11 is 0. The normalized spacial score (nSPS) is 22.0.